The Morgan fingerprint density at radius 2 is 1.88 bits per heavy atom. The Bertz CT molecular complexity index is 482. The number of halogens is 1. The van der Waals surface area contributed by atoms with Crippen molar-refractivity contribution in [1.82, 2.24) is 0 Å². The van der Waals surface area contributed by atoms with Crippen molar-refractivity contribution >= 4 is 11.8 Å². The zero-order valence-corrected chi connectivity index (χ0v) is 8.98. The summed E-state index contributed by atoms with van der Waals surface area (Å²) in [7, 11) is 2.32. The predicted molar refractivity (Wildman–Crippen MR) is 53.1 cm³/mol. The van der Waals surface area contributed by atoms with Gasteiger partial charge in [-0.3, -0.25) is 4.79 Å². The molecule has 1 aromatic rings. The number of carboxylic acid groups (broad SMARTS) is 1. The quantitative estimate of drug-likeness (QED) is 0.601. The van der Waals surface area contributed by atoms with Crippen molar-refractivity contribution in [2.75, 3.05) is 14.2 Å². The van der Waals surface area contributed by atoms with Crippen molar-refractivity contribution in [3.8, 4) is 17.2 Å². The summed E-state index contributed by atoms with van der Waals surface area (Å²) >= 11 is 0. The van der Waals surface area contributed by atoms with Gasteiger partial charge in [0.1, 0.15) is 5.56 Å². The minimum atomic E-state index is -1.84. The van der Waals surface area contributed by atoms with Crippen LogP contribution in [-0.2, 0) is 4.79 Å². The van der Waals surface area contributed by atoms with Gasteiger partial charge in [-0.05, 0) is 0 Å². The highest BCUT2D eigenvalue weighted by Crippen LogP contribution is 2.39. The Hall–Kier alpha value is -2.31. The van der Waals surface area contributed by atoms with E-state index in [1.54, 1.807) is 0 Å². The molecule has 0 aliphatic rings. The average Bonchev–Trinajstić information content (AvgIpc) is 2.30. The Labute approximate surface area is 95.2 Å². The number of ketones is 1. The monoisotopic (exact) mass is 244 g/mol. The van der Waals surface area contributed by atoms with Crippen LogP contribution in [0.25, 0.3) is 0 Å². The fourth-order valence-electron chi connectivity index (χ4n) is 1.27. The number of phenolic OH excluding ortho intramolecular Hbond substituents is 1. The molecule has 6 nitrogen and oxygen atoms in total. The van der Waals surface area contributed by atoms with E-state index in [0.717, 1.165) is 13.2 Å². The number of aliphatic carboxylic acids is 1. The van der Waals surface area contributed by atoms with Gasteiger partial charge in [0.15, 0.2) is 23.1 Å². The van der Waals surface area contributed by atoms with E-state index in [2.05, 4.69) is 0 Å². The number of carboxylic acids is 1. The molecule has 0 atom stereocenters. The number of ether oxygens (including phenoxy) is 2. The van der Waals surface area contributed by atoms with Crippen LogP contribution in [0, 0.1) is 5.82 Å². The van der Waals surface area contributed by atoms with Crippen LogP contribution >= 0.6 is 0 Å². The molecule has 2 N–H and O–H groups in total. The van der Waals surface area contributed by atoms with Crippen LogP contribution in [0.2, 0.25) is 0 Å². The summed E-state index contributed by atoms with van der Waals surface area (Å²) in [6.45, 7) is 0. The average molecular weight is 244 g/mol. The third-order valence-electron chi connectivity index (χ3n) is 2.02. The zero-order chi connectivity index (χ0) is 13.2. The minimum absolute atomic E-state index is 0.188. The van der Waals surface area contributed by atoms with Crippen LogP contribution in [0.1, 0.15) is 10.4 Å². The normalized spacial score (nSPS) is 9.82. The molecule has 0 saturated heterocycles. The van der Waals surface area contributed by atoms with Gasteiger partial charge in [-0.1, -0.05) is 0 Å². The molecular formula is C10H9FO6. The number of phenols is 1. The van der Waals surface area contributed by atoms with E-state index in [1.807, 2.05) is 0 Å². The van der Waals surface area contributed by atoms with Gasteiger partial charge in [-0.15, -0.1) is 0 Å². The van der Waals surface area contributed by atoms with Gasteiger partial charge in [0.2, 0.25) is 0 Å². The smallest absolute Gasteiger partial charge is 0.377 e. The fourth-order valence-corrected chi connectivity index (χ4v) is 1.27. The van der Waals surface area contributed by atoms with Crippen molar-refractivity contribution < 1.29 is 33.7 Å². The molecule has 7 heteroatoms. The van der Waals surface area contributed by atoms with Gasteiger partial charge < -0.3 is 19.7 Å². The Morgan fingerprint density at radius 3 is 2.29 bits per heavy atom. The molecule has 0 spiro atoms. The highest BCUT2D eigenvalue weighted by atomic mass is 19.1. The third kappa shape index (κ3) is 2.12. The van der Waals surface area contributed by atoms with Crippen LogP contribution in [0.4, 0.5) is 4.39 Å². The summed E-state index contributed by atoms with van der Waals surface area (Å²) in [5.41, 5.74) is -0.781. The van der Waals surface area contributed by atoms with E-state index in [4.69, 9.17) is 14.6 Å². The summed E-state index contributed by atoms with van der Waals surface area (Å²) < 4.78 is 22.7. The van der Waals surface area contributed by atoms with Crippen LogP contribution in [0.3, 0.4) is 0 Å². The Morgan fingerprint density at radius 1 is 1.29 bits per heavy atom. The lowest BCUT2D eigenvalue weighted by Gasteiger charge is -2.12. The molecule has 0 bridgehead atoms. The number of methoxy groups -OCH3 is 2. The van der Waals surface area contributed by atoms with Crippen molar-refractivity contribution in [3.05, 3.63) is 17.4 Å². The fraction of sp³-hybridized carbons (Fsp3) is 0.200. The van der Waals surface area contributed by atoms with Crippen LogP contribution in [0.15, 0.2) is 6.07 Å². The first kappa shape index (κ1) is 12.8. The molecule has 92 valence electrons. The van der Waals surface area contributed by atoms with Crippen molar-refractivity contribution in [1.29, 1.82) is 0 Å². The molecule has 0 heterocycles. The lowest BCUT2D eigenvalue weighted by atomic mass is 10.1. The summed E-state index contributed by atoms with van der Waals surface area (Å²) in [5, 5.41) is 17.9. The molecule has 0 amide bonds. The minimum Gasteiger partial charge on any atom is -0.504 e. The number of rotatable bonds is 4. The Balaban J connectivity index is 3.60. The highest BCUT2D eigenvalue weighted by molar-refractivity contribution is 6.41. The van der Waals surface area contributed by atoms with Gasteiger partial charge >= 0.3 is 5.97 Å². The molecule has 17 heavy (non-hydrogen) atoms. The molecule has 0 aliphatic carbocycles. The van der Waals surface area contributed by atoms with E-state index in [9.17, 15) is 19.1 Å². The SMILES string of the molecule is COc1cc(F)c(O)c(C(=O)C(=O)O)c1OC. The summed E-state index contributed by atoms with van der Waals surface area (Å²) in [5.74, 6) is -6.11. The number of hydrogen-bond donors (Lipinski definition) is 2. The van der Waals surface area contributed by atoms with E-state index in [-0.39, 0.29) is 11.5 Å². The molecule has 1 rings (SSSR count). The largest absolute Gasteiger partial charge is 0.504 e. The first-order valence-electron chi connectivity index (χ1n) is 4.35. The second-order valence-corrected chi connectivity index (χ2v) is 2.95. The first-order chi connectivity index (χ1) is 7.93. The standard InChI is InChI=1S/C10H9FO6/c1-16-5-3-4(11)7(12)6(9(5)17-2)8(13)10(14)15/h3,12H,1-2H3,(H,14,15). The first-order valence-corrected chi connectivity index (χ1v) is 4.35. The topological polar surface area (TPSA) is 93.1 Å². The van der Waals surface area contributed by atoms with Crippen molar-refractivity contribution in [3.63, 3.8) is 0 Å². The van der Waals surface area contributed by atoms with Gasteiger partial charge in [-0.25, -0.2) is 9.18 Å². The van der Waals surface area contributed by atoms with Crippen LogP contribution in [0.5, 0.6) is 17.2 Å². The van der Waals surface area contributed by atoms with Crippen LogP contribution in [-0.4, -0.2) is 36.2 Å². The molecular weight excluding hydrogens is 235 g/mol. The van der Waals surface area contributed by atoms with E-state index in [1.165, 1.54) is 7.11 Å². The number of benzene rings is 1. The molecule has 0 aliphatic heterocycles. The van der Waals surface area contributed by atoms with E-state index in [0.29, 0.717) is 0 Å². The lowest BCUT2D eigenvalue weighted by Crippen LogP contribution is -2.15. The highest BCUT2D eigenvalue weighted by Gasteiger charge is 2.29. The van der Waals surface area contributed by atoms with Gasteiger partial charge in [-0.2, -0.15) is 0 Å². The summed E-state index contributed by atoms with van der Waals surface area (Å²) in [6.07, 6.45) is 0. The number of hydrogen-bond acceptors (Lipinski definition) is 5. The number of Topliss-reactive ketones (excluding diaryl/α,β-unsaturated/α-hetero) is 1. The lowest BCUT2D eigenvalue weighted by molar-refractivity contribution is -0.131. The second kappa shape index (κ2) is 4.69. The summed E-state index contributed by atoms with van der Waals surface area (Å²) in [4.78, 5) is 21.9. The van der Waals surface area contributed by atoms with Gasteiger partial charge in [0, 0.05) is 6.07 Å². The molecule has 1 aromatic carbocycles. The maximum Gasteiger partial charge on any atom is 0.377 e. The molecule has 0 radical (unpaired) electrons. The van der Waals surface area contributed by atoms with Crippen molar-refractivity contribution in [2.24, 2.45) is 0 Å². The van der Waals surface area contributed by atoms with E-state index < -0.39 is 28.9 Å². The number of aromatic hydroxyl groups is 1. The third-order valence-corrected chi connectivity index (χ3v) is 2.02. The predicted octanol–water partition coefficient (Wildman–Crippen LogP) is 0.816. The second-order valence-electron chi connectivity index (χ2n) is 2.95. The summed E-state index contributed by atoms with van der Waals surface area (Å²) in [6, 6.07) is 0.785. The van der Waals surface area contributed by atoms with Crippen molar-refractivity contribution in [2.45, 2.75) is 0 Å². The molecule has 0 unspecified atom stereocenters. The van der Waals surface area contributed by atoms with Gasteiger partial charge in [0.25, 0.3) is 5.78 Å². The maximum atomic E-state index is 13.2. The molecule has 0 saturated carbocycles. The maximum absolute atomic E-state index is 13.2. The number of carbonyl (C=O) groups excluding carboxylic acids is 1. The van der Waals surface area contributed by atoms with Crippen LogP contribution < -0.4 is 9.47 Å². The molecule has 0 fully saturated rings. The Kier molecular flexibility index (Phi) is 3.52. The van der Waals surface area contributed by atoms with E-state index >= 15 is 0 Å². The van der Waals surface area contributed by atoms with Gasteiger partial charge in [0.05, 0.1) is 14.2 Å². The molecule has 0 aromatic heterocycles. The zero-order valence-electron chi connectivity index (χ0n) is 8.98. The number of carbonyl (C=O) groups is 2.